The number of carbonyl (C=O) groups is 1. The van der Waals surface area contributed by atoms with Crippen molar-refractivity contribution in [1.29, 1.82) is 0 Å². The number of hydrogen-bond donors (Lipinski definition) is 2. The van der Waals surface area contributed by atoms with Crippen LogP contribution in [0.15, 0.2) is 29.3 Å². The first-order chi connectivity index (χ1) is 8.59. The highest BCUT2D eigenvalue weighted by atomic mass is 35.5. The van der Waals surface area contributed by atoms with Gasteiger partial charge >= 0.3 is 0 Å². The number of rotatable bonds is 2. The van der Waals surface area contributed by atoms with Gasteiger partial charge < -0.3 is 5.32 Å². The Morgan fingerprint density at radius 2 is 2.11 bits per heavy atom. The van der Waals surface area contributed by atoms with E-state index in [1.54, 1.807) is 6.07 Å². The number of nitrogens with one attached hydrogen (secondary N) is 2. The molecule has 1 heterocycles. The molecule has 94 valence electrons. The van der Waals surface area contributed by atoms with Gasteiger partial charge in [-0.3, -0.25) is 10.1 Å². The summed E-state index contributed by atoms with van der Waals surface area (Å²) < 4.78 is 0. The molecule has 3 rings (SSSR count). The van der Waals surface area contributed by atoms with Crippen molar-refractivity contribution in [3.05, 3.63) is 34.9 Å². The number of aliphatic imine (C=N–C) groups is 1. The van der Waals surface area contributed by atoms with E-state index in [2.05, 4.69) is 15.6 Å². The number of hydrogen-bond acceptors (Lipinski definition) is 2. The fourth-order valence-corrected chi connectivity index (χ4v) is 2.39. The second kappa shape index (κ2) is 3.99. The molecule has 1 aromatic carbocycles. The van der Waals surface area contributed by atoms with Crippen LogP contribution in [0.3, 0.4) is 0 Å². The summed E-state index contributed by atoms with van der Waals surface area (Å²) >= 11 is 6.17. The van der Waals surface area contributed by atoms with Crippen LogP contribution < -0.4 is 10.6 Å². The average molecular weight is 264 g/mol. The van der Waals surface area contributed by atoms with Gasteiger partial charge in [0.25, 0.3) is 5.91 Å². The van der Waals surface area contributed by atoms with E-state index in [-0.39, 0.29) is 5.91 Å². The highest BCUT2D eigenvalue weighted by molar-refractivity contribution is 6.32. The summed E-state index contributed by atoms with van der Waals surface area (Å²) in [6.45, 7) is 1.82. The van der Waals surface area contributed by atoms with Crippen molar-refractivity contribution in [3.63, 3.8) is 0 Å². The smallest absolute Gasteiger partial charge is 0.256 e. The number of amides is 1. The van der Waals surface area contributed by atoms with Crippen LogP contribution in [0.1, 0.15) is 25.3 Å². The minimum Gasteiger partial charge on any atom is -0.338 e. The van der Waals surface area contributed by atoms with Crippen LogP contribution in [-0.4, -0.2) is 17.9 Å². The number of benzene rings is 1. The zero-order valence-corrected chi connectivity index (χ0v) is 10.8. The van der Waals surface area contributed by atoms with Crippen LogP contribution in [0.4, 0.5) is 0 Å². The summed E-state index contributed by atoms with van der Waals surface area (Å²) in [4.78, 5) is 16.6. The number of guanidine groups is 1. The van der Waals surface area contributed by atoms with Crippen molar-refractivity contribution >= 4 is 23.5 Å². The molecule has 1 aliphatic heterocycles. The van der Waals surface area contributed by atoms with Gasteiger partial charge in [-0.15, -0.1) is 0 Å². The largest absolute Gasteiger partial charge is 0.338 e. The summed E-state index contributed by atoms with van der Waals surface area (Å²) in [7, 11) is 0. The van der Waals surface area contributed by atoms with Gasteiger partial charge in [0.1, 0.15) is 5.54 Å². The second-order valence-corrected chi connectivity index (χ2v) is 5.30. The molecule has 2 N–H and O–H groups in total. The Labute approximate surface area is 110 Å². The molecule has 0 radical (unpaired) electrons. The maximum atomic E-state index is 12.1. The number of nitrogens with zero attached hydrogens (tertiary/aromatic N) is 1. The van der Waals surface area contributed by atoms with Crippen molar-refractivity contribution in [2.24, 2.45) is 4.99 Å². The summed E-state index contributed by atoms with van der Waals surface area (Å²) in [5.41, 5.74) is -0.0725. The van der Waals surface area contributed by atoms with Gasteiger partial charge in [0.15, 0.2) is 5.96 Å². The van der Waals surface area contributed by atoms with Gasteiger partial charge in [-0.2, -0.15) is 0 Å². The molecular formula is C13H14ClN3O. The van der Waals surface area contributed by atoms with Crippen molar-refractivity contribution in [1.82, 2.24) is 10.6 Å². The topological polar surface area (TPSA) is 53.5 Å². The zero-order chi connectivity index (χ0) is 12.8. The van der Waals surface area contributed by atoms with Crippen molar-refractivity contribution in [2.45, 2.75) is 31.3 Å². The Morgan fingerprint density at radius 1 is 1.39 bits per heavy atom. The molecule has 5 heteroatoms. The van der Waals surface area contributed by atoms with Crippen LogP contribution in [0.5, 0.6) is 0 Å². The minimum atomic E-state index is -0.841. The van der Waals surface area contributed by atoms with Gasteiger partial charge in [-0.25, -0.2) is 4.99 Å². The number of carbonyl (C=O) groups excluding carboxylic acids is 1. The molecule has 2 fully saturated rings. The molecule has 1 amide bonds. The quantitative estimate of drug-likeness (QED) is 0.855. The zero-order valence-electron chi connectivity index (χ0n) is 10.0. The van der Waals surface area contributed by atoms with Gasteiger partial charge in [0, 0.05) is 10.6 Å². The molecule has 18 heavy (non-hydrogen) atoms. The lowest BCUT2D eigenvalue weighted by Crippen LogP contribution is -2.41. The van der Waals surface area contributed by atoms with Crippen LogP contribution in [0.2, 0.25) is 5.02 Å². The van der Waals surface area contributed by atoms with Crippen LogP contribution in [0.25, 0.3) is 0 Å². The lowest BCUT2D eigenvalue weighted by molar-refractivity contribution is -0.123. The monoisotopic (exact) mass is 263 g/mol. The fourth-order valence-electron chi connectivity index (χ4n) is 2.06. The van der Waals surface area contributed by atoms with Crippen molar-refractivity contribution in [2.75, 3.05) is 0 Å². The lowest BCUT2D eigenvalue weighted by atomic mass is 9.92. The van der Waals surface area contributed by atoms with Gasteiger partial charge in [-0.05, 0) is 25.8 Å². The third-order valence-corrected chi connectivity index (χ3v) is 3.66. The fraction of sp³-hybridized carbons (Fsp3) is 0.385. The highest BCUT2D eigenvalue weighted by Crippen LogP contribution is 2.31. The van der Waals surface area contributed by atoms with Crippen LogP contribution >= 0.6 is 11.6 Å². The maximum absolute atomic E-state index is 12.1. The summed E-state index contributed by atoms with van der Waals surface area (Å²) in [5, 5.41) is 6.51. The van der Waals surface area contributed by atoms with Crippen molar-refractivity contribution in [3.8, 4) is 0 Å². The van der Waals surface area contributed by atoms with E-state index in [0.717, 1.165) is 18.4 Å². The standard InChI is InChI=1S/C13H14ClN3O/c1-13(9-4-2-3-5-10(9)14)11(18)16-12(17-13)15-8-6-7-8/h2-5,8H,6-7H2,1H3,(H2,15,16,17,18). The third-order valence-electron chi connectivity index (χ3n) is 3.33. The highest BCUT2D eigenvalue weighted by Gasteiger charge is 2.44. The molecule has 0 spiro atoms. The molecule has 2 aliphatic rings. The molecule has 1 unspecified atom stereocenters. The van der Waals surface area contributed by atoms with Gasteiger partial charge in [-0.1, -0.05) is 29.8 Å². The molecule has 1 aromatic rings. The first-order valence-electron chi connectivity index (χ1n) is 6.02. The van der Waals surface area contributed by atoms with Gasteiger partial charge in [0.05, 0.1) is 6.04 Å². The molecule has 1 saturated carbocycles. The Kier molecular flexibility index (Phi) is 2.55. The second-order valence-electron chi connectivity index (χ2n) is 4.89. The van der Waals surface area contributed by atoms with E-state index < -0.39 is 5.54 Å². The van der Waals surface area contributed by atoms with E-state index in [9.17, 15) is 4.79 Å². The van der Waals surface area contributed by atoms with E-state index in [0.29, 0.717) is 17.0 Å². The molecular weight excluding hydrogens is 250 g/mol. The molecule has 0 aromatic heterocycles. The van der Waals surface area contributed by atoms with E-state index in [1.807, 2.05) is 25.1 Å². The van der Waals surface area contributed by atoms with E-state index in [4.69, 9.17) is 11.6 Å². The molecule has 1 aliphatic carbocycles. The summed E-state index contributed by atoms with van der Waals surface area (Å²) in [6.07, 6.45) is 2.20. The molecule has 1 atom stereocenters. The Hall–Kier alpha value is -1.55. The van der Waals surface area contributed by atoms with E-state index >= 15 is 0 Å². The van der Waals surface area contributed by atoms with Gasteiger partial charge in [0.2, 0.25) is 0 Å². The number of halogens is 1. The maximum Gasteiger partial charge on any atom is 0.256 e. The SMILES string of the molecule is CC1(c2ccccc2Cl)NC(=NC2CC2)NC1=O. The Balaban J connectivity index is 1.95. The summed E-state index contributed by atoms with van der Waals surface area (Å²) in [6, 6.07) is 7.72. The first kappa shape index (κ1) is 11.5. The van der Waals surface area contributed by atoms with Crippen molar-refractivity contribution < 1.29 is 4.79 Å². The Bertz CT molecular complexity index is 539. The predicted octanol–water partition coefficient (Wildman–Crippen LogP) is 1.79. The first-order valence-corrected chi connectivity index (χ1v) is 6.40. The molecule has 1 saturated heterocycles. The third kappa shape index (κ3) is 1.86. The molecule has 4 nitrogen and oxygen atoms in total. The summed E-state index contributed by atoms with van der Waals surface area (Å²) in [5.74, 6) is 0.444. The van der Waals surface area contributed by atoms with Crippen LogP contribution in [-0.2, 0) is 10.3 Å². The average Bonchev–Trinajstić information content (AvgIpc) is 3.07. The predicted molar refractivity (Wildman–Crippen MR) is 70.5 cm³/mol. The van der Waals surface area contributed by atoms with E-state index in [1.165, 1.54) is 0 Å². The molecule has 0 bridgehead atoms. The minimum absolute atomic E-state index is 0.116. The van der Waals surface area contributed by atoms with Crippen LogP contribution in [0, 0.1) is 0 Å². The normalized spacial score (nSPS) is 29.2. The lowest BCUT2D eigenvalue weighted by Gasteiger charge is -2.22. The Morgan fingerprint density at radius 3 is 2.78 bits per heavy atom.